The Morgan fingerprint density at radius 3 is 2.93 bits per heavy atom. The fourth-order valence-corrected chi connectivity index (χ4v) is 2.71. The van der Waals surface area contributed by atoms with E-state index in [1.165, 1.54) is 19.2 Å². The number of hydrogen-bond acceptors (Lipinski definition) is 3. The van der Waals surface area contributed by atoms with Gasteiger partial charge >= 0.3 is 5.97 Å². The van der Waals surface area contributed by atoms with Crippen molar-refractivity contribution in [2.75, 3.05) is 7.11 Å². The first kappa shape index (κ1) is 10.4. The average Bonchev–Trinajstić information content (AvgIpc) is 2.54. The maximum Gasteiger partial charge on any atom is 0.349 e. The minimum absolute atomic E-state index is 0.305. The highest BCUT2D eigenvalue weighted by atomic mass is 35.5. The average molecular weight is 245 g/mol. The highest BCUT2D eigenvalue weighted by molar-refractivity contribution is 7.21. The molecule has 0 aliphatic heterocycles. The van der Waals surface area contributed by atoms with Crippen LogP contribution in [-0.4, -0.2) is 13.1 Å². The van der Waals surface area contributed by atoms with Crippen molar-refractivity contribution in [3.63, 3.8) is 0 Å². The van der Waals surface area contributed by atoms with E-state index in [1.807, 2.05) is 0 Å². The van der Waals surface area contributed by atoms with Crippen molar-refractivity contribution in [3.8, 4) is 0 Å². The topological polar surface area (TPSA) is 26.3 Å². The van der Waals surface area contributed by atoms with E-state index in [1.54, 1.807) is 6.07 Å². The second-order valence-corrected chi connectivity index (χ2v) is 4.31. The van der Waals surface area contributed by atoms with Crippen LogP contribution in [0.1, 0.15) is 9.67 Å². The molecule has 1 aromatic carbocycles. The van der Waals surface area contributed by atoms with Gasteiger partial charge in [-0.1, -0.05) is 11.6 Å². The van der Waals surface area contributed by atoms with Crippen LogP contribution in [-0.2, 0) is 4.74 Å². The number of thiophene rings is 1. The van der Waals surface area contributed by atoms with Crippen LogP contribution >= 0.6 is 22.9 Å². The van der Waals surface area contributed by atoms with E-state index in [0.29, 0.717) is 20.0 Å². The van der Waals surface area contributed by atoms with Gasteiger partial charge in [-0.15, -0.1) is 11.3 Å². The minimum Gasteiger partial charge on any atom is -0.465 e. The second kappa shape index (κ2) is 3.79. The Morgan fingerprint density at radius 1 is 1.53 bits per heavy atom. The molecule has 2 nitrogen and oxygen atoms in total. The lowest BCUT2D eigenvalue weighted by Gasteiger charge is -1.93. The fourth-order valence-electron chi connectivity index (χ4n) is 1.26. The number of carbonyl (C=O) groups excluding carboxylic acids is 1. The molecule has 15 heavy (non-hydrogen) atoms. The molecule has 1 heterocycles. The third-order valence-electron chi connectivity index (χ3n) is 1.96. The molecule has 0 N–H and O–H groups in total. The lowest BCUT2D eigenvalue weighted by molar-refractivity contribution is 0.0606. The minimum atomic E-state index is -0.499. The lowest BCUT2D eigenvalue weighted by atomic mass is 10.2. The van der Waals surface area contributed by atoms with E-state index in [0.717, 1.165) is 11.3 Å². The van der Waals surface area contributed by atoms with Crippen molar-refractivity contribution in [3.05, 3.63) is 33.9 Å². The zero-order chi connectivity index (χ0) is 11.0. The normalized spacial score (nSPS) is 10.6. The van der Waals surface area contributed by atoms with Gasteiger partial charge in [0.05, 0.1) is 12.1 Å². The van der Waals surface area contributed by atoms with Crippen molar-refractivity contribution < 1.29 is 13.9 Å². The maximum absolute atomic E-state index is 12.9. The Balaban J connectivity index is 2.69. The van der Waals surface area contributed by atoms with Gasteiger partial charge in [0.15, 0.2) is 0 Å². The molecular weight excluding hydrogens is 239 g/mol. The highest BCUT2D eigenvalue weighted by Gasteiger charge is 2.17. The number of hydrogen-bond donors (Lipinski definition) is 0. The molecule has 0 bridgehead atoms. The van der Waals surface area contributed by atoms with Gasteiger partial charge in [0, 0.05) is 10.1 Å². The number of ether oxygens (including phenoxy) is 1. The second-order valence-electron chi connectivity index (χ2n) is 2.88. The van der Waals surface area contributed by atoms with Gasteiger partial charge in [-0.05, 0) is 18.2 Å². The summed E-state index contributed by atoms with van der Waals surface area (Å²) < 4.78 is 18.1. The predicted molar refractivity (Wildman–Crippen MR) is 58.1 cm³/mol. The molecule has 0 spiro atoms. The highest BCUT2D eigenvalue weighted by Crippen LogP contribution is 2.35. The summed E-state index contributed by atoms with van der Waals surface area (Å²) in [6, 6.07) is 4.20. The molecule has 0 atom stereocenters. The van der Waals surface area contributed by atoms with Gasteiger partial charge in [-0.3, -0.25) is 0 Å². The Kier molecular flexibility index (Phi) is 2.63. The Labute approximate surface area is 94.2 Å². The molecule has 0 radical (unpaired) electrons. The maximum atomic E-state index is 12.9. The van der Waals surface area contributed by atoms with E-state index >= 15 is 0 Å². The summed E-state index contributed by atoms with van der Waals surface area (Å²) in [6.45, 7) is 0. The Hall–Kier alpha value is -1.13. The first-order chi connectivity index (χ1) is 7.13. The van der Waals surface area contributed by atoms with Crippen molar-refractivity contribution in [2.24, 2.45) is 0 Å². The molecule has 5 heteroatoms. The zero-order valence-electron chi connectivity index (χ0n) is 7.71. The van der Waals surface area contributed by atoms with E-state index < -0.39 is 5.97 Å². The molecular formula is C10H6ClFO2S. The first-order valence-electron chi connectivity index (χ1n) is 4.09. The monoisotopic (exact) mass is 244 g/mol. The summed E-state index contributed by atoms with van der Waals surface area (Å²) >= 11 is 7.09. The number of halogens is 2. The fraction of sp³-hybridized carbons (Fsp3) is 0.100. The molecule has 0 saturated carbocycles. The molecule has 0 fully saturated rings. The van der Waals surface area contributed by atoms with Crippen LogP contribution < -0.4 is 0 Å². The smallest absolute Gasteiger partial charge is 0.349 e. The quantitative estimate of drug-likeness (QED) is 0.718. The third-order valence-corrected chi connectivity index (χ3v) is 3.60. The van der Waals surface area contributed by atoms with Crippen LogP contribution in [0.2, 0.25) is 5.02 Å². The van der Waals surface area contributed by atoms with Gasteiger partial charge in [0.25, 0.3) is 0 Å². The number of benzene rings is 1. The summed E-state index contributed by atoms with van der Waals surface area (Å²) in [4.78, 5) is 11.6. The number of esters is 1. The lowest BCUT2D eigenvalue weighted by Crippen LogP contribution is -1.97. The summed E-state index contributed by atoms with van der Waals surface area (Å²) in [5.74, 6) is -0.849. The van der Waals surface area contributed by atoms with Gasteiger partial charge in [0.2, 0.25) is 0 Å². The van der Waals surface area contributed by atoms with Crippen molar-refractivity contribution in [2.45, 2.75) is 0 Å². The SMILES string of the molecule is COC(=O)c1sc2cc(F)ccc2c1Cl. The molecule has 0 unspecified atom stereocenters. The van der Waals surface area contributed by atoms with Crippen molar-refractivity contribution in [1.29, 1.82) is 0 Å². The Bertz CT molecular complexity index is 535. The van der Waals surface area contributed by atoms with Crippen molar-refractivity contribution >= 4 is 39.0 Å². The van der Waals surface area contributed by atoms with Crippen LogP contribution in [0.25, 0.3) is 10.1 Å². The van der Waals surface area contributed by atoms with Gasteiger partial charge in [-0.25, -0.2) is 9.18 Å². The molecule has 2 rings (SSSR count). The standard InChI is InChI=1S/C10H6ClFO2S/c1-14-10(13)9-8(11)6-3-2-5(12)4-7(6)15-9/h2-4H,1H3. The zero-order valence-corrected chi connectivity index (χ0v) is 9.29. The number of rotatable bonds is 1. The van der Waals surface area contributed by atoms with Crippen LogP contribution in [0, 0.1) is 5.82 Å². The number of fused-ring (bicyclic) bond motifs is 1. The molecule has 0 amide bonds. The third kappa shape index (κ3) is 1.70. The molecule has 0 saturated heterocycles. The van der Waals surface area contributed by atoms with Crippen LogP contribution in [0.4, 0.5) is 4.39 Å². The molecule has 1 aromatic heterocycles. The largest absolute Gasteiger partial charge is 0.465 e. The van der Waals surface area contributed by atoms with Crippen LogP contribution in [0.3, 0.4) is 0 Å². The number of carbonyl (C=O) groups is 1. The van der Waals surface area contributed by atoms with Gasteiger partial charge in [0.1, 0.15) is 10.7 Å². The summed E-state index contributed by atoms with van der Waals surface area (Å²) in [6.07, 6.45) is 0. The van der Waals surface area contributed by atoms with Gasteiger partial charge in [-0.2, -0.15) is 0 Å². The Morgan fingerprint density at radius 2 is 2.27 bits per heavy atom. The van der Waals surface area contributed by atoms with E-state index in [4.69, 9.17) is 11.6 Å². The van der Waals surface area contributed by atoms with Crippen molar-refractivity contribution in [1.82, 2.24) is 0 Å². The molecule has 0 aliphatic rings. The van der Waals surface area contributed by atoms with Crippen LogP contribution in [0.15, 0.2) is 18.2 Å². The molecule has 0 aliphatic carbocycles. The van der Waals surface area contributed by atoms with E-state index in [2.05, 4.69) is 4.74 Å². The summed E-state index contributed by atoms with van der Waals surface area (Å²) in [5.41, 5.74) is 0. The molecule has 2 aromatic rings. The molecule has 78 valence electrons. The van der Waals surface area contributed by atoms with E-state index in [9.17, 15) is 9.18 Å². The van der Waals surface area contributed by atoms with Gasteiger partial charge < -0.3 is 4.74 Å². The number of methoxy groups -OCH3 is 1. The van der Waals surface area contributed by atoms with Crippen LogP contribution in [0.5, 0.6) is 0 Å². The summed E-state index contributed by atoms with van der Waals surface area (Å²) in [7, 11) is 1.28. The first-order valence-corrected chi connectivity index (χ1v) is 5.29. The predicted octanol–water partition coefficient (Wildman–Crippen LogP) is 3.48. The summed E-state index contributed by atoms with van der Waals surface area (Å²) in [5, 5.41) is 0.991. The van der Waals surface area contributed by atoms with E-state index in [-0.39, 0.29) is 5.82 Å².